The van der Waals surface area contributed by atoms with Crippen LogP contribution in [0.25, 0.3) is 0 Å². The molecule has 0 saturated carbocycles. The number of methoxy groups -OCH3 is 2. The van der Waals surface area contributed by atoms with E-state index in [1.165, 1.54) is 37.3 Å². The number of hydrogen-bond donors (Lipinski definition) is 2. The highest BCUT2D eigenvalue weighted by Crippen LogP contribution is 2.37. The Morgan fingerprint density at radius 2 is 1.91 bits per heavy atom. The zero-order valence-corrected chi connectivity index (χ0v) is 19.0. The van der Waals surface area contributed by atoms with Gasteiger partial charge in [0.2, 0.25) is 11.8 Å². The molecule has 11 heteroatoms. The Bertz CT molecular complexity index is 1220. The van der Waals surface area contributed by atoms with Crippen molar-refractivity contribution in [2.24, 2.45) is 0 Å². The summed E-state index contributed by atoms with van der Waals surface area (Å²) in [5, 5.41) is 4.46. The van der Waals surface area contributed by atoms with Crippen molar-refractivity contribution < 1.29 is 37.4 Å². The number of rotatable bonds is 7. The van der Waals surface area contributed by atoms with Crippen molar-refractivity contribution in [1.82, 2.24) is 15.5 Å². The molecule has 4 rings (SSSR count). The van der Waals surface area contributed by atoms with Gasteiger partial charge >= 0.3 is 5.92 Å². The first-order valence-electron chi connectivity index (χ1n) is 10.8. The van der Waals surface area contributed by atoms with Gasteiger partial charge in [-0.25, -0.2) is 0 Å². The monoisotopic (exact) mass is 487 g/mol. The number of nitrogens with one attached hydrogen (secondary N) is 2. The molecule has 1 atom stereocenters. The van der Waals surface area contributed by atoms with Crippen LogP contribution in [0.1, 0.15) is 39.9 Å². The molecule has 9 nitrogen and oxygen atoms in total. The van der Waals surface area contributed by atoms with Gasteiger partial charge in [-0.1, -0.05) is 12.1 Å². The van der Waals surface area contributed by atoms with Crippen LogP contribution < -0.4 is 20.1 Å². The molecular formula is C24H23F2N3O6. The minimum atomic E-state index is -3.89. The molecule has 0 aliphatic carbocycles. The van der Waals surface area contributed by atoms with E-state index >= 15 is 0 Å². The highest BCUT2D eigenvalue weighted by Gasteiger charge is 2.44. The summed E-state index contributed by atoms with van der Waals surface area (Å²) in [6, 6.07) is 7.74. The van der Waals surface area contributed by atoms with Gasteiger partial charge in [-0.2, -0.15) is 8.78 Å². The van der Waals surface area contributed by atoms with Crippen molar-refractivity contribution in [2.75, 3.05) is 14.2 Å². The van der Waals surface area contributed by atoms with E-state index in [0.717, 1.165) is 6.07 Å². The van der Waals surface area contributed by atoms with E-state index in [0.29, 0.717) is 16.7 Å². The summed E-state index contributed by atoms with van der Waals surface area (Å²) < 4.78 is 39.9. The van der Waals surface area contributed by atoms with E-state index in [1.807, 2.05) is 0 Å². The molecule has 1 saturated heterocycles. The Kier molecular flexibility index (Phi) is 6.42. The zero-order chi connectivity index (χ0) is 25.3. The normalized spacial score (nSPS) is 17.7. The van der Waals surface area contributed by atoms with E-state index in [1.54, 1.807) is 12.1 Å². The Labute approximate surface area is 199 Å². The molecule has 1 unspecified atom stereocenters. The number of carbonyl (C=O) groups excluding carboxylic acids is 4. The summed E-state index contributed by atoms with van der Waals surface area (Å²) in [4.78, 5) is 50.1. The highest BCUT2D eigenvalue weighted by atomic mass is 19.3. The van der Waals surface area contributed by atoms with Gasteiger partial charge in [0.25, 0.3) is 11.8 Å². The molecular weight excluding hydrogens is 464 g/mol. The van der Waals surface area contributed by atoms with Gasteiger partial charge in [-0.3, -0.25) is 24.5 Å². The van der Waals surface area contributed by atoms with Gasteiger partial charge in [0, 0.05) is 25.1 Å². The van der Waals surface area contributed by atoms with Crippen molar-refractivity contribution in [2.45, 2.75) is 37.9 Å². The number of piperidine rings is 1. The Hall–Kier alpha value is -4.02. The van der Waals surface area contributed by atoms with Gasteiger partial charge in [-0.05, 0) is 41.8 Å². The molecule has 2 aliphatic rings. The maximum Gasteiger partial charge on any atom is 0.353 e. The zero-order valence-electron chi connectivity index (χ0n) is 19.0. The number of carbonyl (C=O) groups is 4. The molecule has 4 amide bonds. The van der Waals surface area contributed by atoms with E-state index < -0.39 is 29.3 Å². The maximum absolute atomic E-state index is 14.9. The second-order valence-electron chi connectivity index (χ2n) is 8.21. The van der Waals surface area contributed by atoms with Gasteiger partial charge in [0.05, 0.1) is 19.8 Å². The van der Waals surface area contributed by atoms with Crippen LogP contribution in [-0.4, -0.2) is 48.8 Å². The number of amides is 4. The average molecular weight is 487 g/mol. The number of alkyl halides is 2. The minimum absolute atomic E-state index is 0.138. The van der Waals surface area contributed by atoms with Crippen molar-refractivity contribution in [3.8, 4) is 11.5 Å². The molecule has 2 aromatic rings. The quantitative estimate of drug-likeness (QED) is 0.577. The molecule has 0 bridgehead atoms. The third-order valence-electron chi connectivity index (χ3n) is 6.07. The first kappa shape index (κ1) is 24.1. The summed E-state index contributed by atoms with van der Waals surface area (Å²) in [5.41, 5.74) is 0.864. The summed E-state index contributed by atoms with van der Waals surface area (Å²) in [5.74, 6) is -6.67. The third kappa shape index (κ3) is 4.53. The van der Waals surface area contributed by atoms with Crippen LogP contribution in [-0.2, 0) is 33.4 Å². The molecule has 2 heterocycles. The van der Waals surface area contributed by atoms with Crippen molar-refractivity contribution in [3.05, 3.63) is 58.7 Å². The molecule has 0 aromatic heterocycles. The van der Waals surface area contributed by atoms with Gasteiger partial charge in [0.15, 0.2) is 0 Å². The second-order valence-corrected chi connectivity index (χ2v) is 8.21. The smallest absolute Gasteiger partial charge is 0.353 e. The Morgan fingerprint density at radius 3 is 2.60 bits per heavy atom. The fourth-order valence-corrected chi connectivity index (χ4v) is 4.21. The van der Waals surface area contributed by atoms with E-state index in [4.69, 9.17) is 9.47 Å². The minimum Gasteiger partial charge on any atom is -0.497 e. The van der Waals surface area contributed by atoms with E-state index in [9.17, 15) is 28.0 Å². The standard InChI is InChI=1S/C24H23F2N3O6/c1-34-15-4-7-19(35-2)17(10-15)24(25,26)23(33)27-11-13-3-5-16-14(9-13)12-29(22(16)32)18-6-8-20(30)28-21(18)31/h3-5,7,9-10,18H,6,8,11-12H2,1-2H3,(H,27,33)(H,28,30,31). The Balaban J connectivity index is 1.46. The summed E-state index contributed by atoms with van der Waals surface area (Å²) in [7, 11) is 2.55. The lowest BCUT2D eigenvalue weighted by atomic mass is 10.0. The summed E-state index contributed by atoms with van der Waals surface area (Å²) in [6.45, 7) is -0.0695. The van der Waals surface area contributed by atoms with E-state index in [-0.39, 0.29) is 49.2 Å². The van der Waals surface area contributed by atoms with Crippen LogP contribution in [0.4, 0.5) is 8.78 Å². The van der Waals surface area contributed by atoms with Gasteiger partial charge in [-0.15, -0.1) is 0 Å². The number of benzene rings is 2. The number of nitrogens with zero attached hydrogens (tertiary/aromatic N) is 1. The van der Waals surface area contributed by atoms with Crippen LogP contribution in [0.15, 0.2) is 36.4 Å². The molecule has 184 valence electrons. The second kappa shape index (κ2) is 9.32. The number of hydrogen-bond acceptors (Lipinski definition) is 6. The lowest BCUT2D eigenvalue weighted by Gasteiger charge is -2.29. The fraction of sp³-hybridized carbons (Fsp3) is 0.333. The van der Waals surface area contributed by atoms with Gasteiger partial charge in [0.1, 0.15) is 17.5 Å². The lowest BCUT2D eigenvalue weighted by molar-refractivity contribution is -0.147. The summed E-state index contributed by atoms with van der Waals surface area (Å²) >= 11 is 0. The highest BCUT2D eigenvalue weighted by molar-refractivity contribution is 6.05. The number of ether oxygens (including phenoxy) is 2. The molecule has 2 N–H and O–H groups in total. The molecule has 35 heavy (non-hydrogen) atoms. The molecule has 0 spiro atoms. The number of halogens is 2. The van der Waals surface area contributed by atoms with Crippen molar-refractivity contribution in [1.29, 1.82) is 0 Å². The number of fused-ring (bicyclic) bond motifs is 1. The van der Waals surface area contributed by atoms with Gasteiger partial charge < -0.3 is 19.7 Å². The van der Waals surface area contributed by atoms with Crippen LogP contribution >= 0.6 is 0 Å². The topological polar surface area (TPSA) is 114 Å². The average Bonchev–Trinajstić information content (AvgIpc) is 3.17. The predicted octanol–water partition coefficient (Wildman–Crippen LogP) is 1.87. The summed E-state index contributed by atoms with van der Waals surface area (Å²) in [6.07, 6.45) is 0.371. The SMILES string of the molecule is COc1ccc(OC)c(C(F)(F)C(=O)NCc2ccc3c(c2)CN(C2CCC(=O)NC2=O)C3=O)c1. The van der Waals surface area contributed by atoms with Crippen LogP contribution in [0.2, 0.25) is 0 Å². The van der Waals surface area contributed by atoms with Crippen molar-refractivity contribution in [3.63, 3.8) is 0 Å². The van der Waals surface area contributed by atoms with Crippen LogP contribution in [0.5, 0.6) is 11.5 Å². The van der Waals surface area contributed by atoms with Crippen LogP contribution in [0, 0.1) is 0 Å². The molecule has 2 aromatic carbocycles. The molecule has 1 fully saturated rings. The first-order valence-corrected chi connectivity index (χ1v) is 10.8. The van der Waals surface area contributed by atoms with Crippen LogP contribution in [0.3, 0.4) is 0 Å². The fourth-order valence-electron chi connectivity index (χ4n) is 4.21. The lowest BCUT2D eigenvalue weighted by Crippen LogP contribution is -2.52. The van der Waals surface area contributed by atoms with Crippen molar-refractivity contribution >= 4 is 23.6 Å². The predicted molar refractivity (Wildman–Crippen MR) is 118 cm³/mol. The largest absolute Gasteiger partial charge is 0.497 e. The third-order valence-corrected chi connectivity index (χ3v) is 6.07. The molecule has 2 aliphatic heterocycles. The van der Waals surface area contributed by atoms with E-state index in [2.05, 4.69) is 10.6 Å². The molecule has 0 radical (unpaired) electrons. The Morgan fingerprint density at radius 1 is 1.14 bits per heavy atom. The first-order chi connectivity index (χ1) is 16.6. The number of imide groups is 1. The maximum atomic E-state index is 14.9.